The summed E-state index contributed by atoms with van der Waals surface area (Å²) < 4.78 is 16.1. The van der Waals surface area contributed by atoms with E-state index in [-0.39, 0.29) is 13.2 Å². The Morgan fingerprint density at radius 1 is 1.24 bits per heavy atom. The van der Waals surface area contributed by atoms with Crippen molar-refractivity contribution >= 4 is 11.6 Å². The lowest BCUT2D eigenvalue weighted by Gasteiger charge is -2.14. The topological polar surface area (TPSA) is 60.8 Å². The summed E-state index contributed by atoms with van der Waals surface area (Å²) in [6, 6.07) is 6.98. The Balaban J connectivity index is 2.23. The van der Waals surface area contributed by atoms with Gasteiger partial charge in [-0.2, -0.15) is 0 Å². The number of hydrogen-bond acceptors (Lipinski definition) is 5. The zero-order valence-electron chi connectivity index (χ0n) is 11.8. The van der Waals surface area contributed by atoms with Gasteiger partial charge in [-0.05, 0) is 29.8 Å². The largest absolute Gasteiger partial charge is 0.493 e. The van der Waals surface area contributed by atoms with E-state index in [0.717, 1.165) is 5.56 Å². The number of pyridine rings is 1. The predicted octanol–water partition coefficient (Wildman–Crippen LogP) is 2.82. The Hall–Kier alpha value is -1.98. The minimum Gasteiger partial charge on any atom is -0.493 e. The van der Waals surface area contributed by atoms with Gasteiger partial charge in [0.2, 0.25) is 5.88 Å². The molecule has 0 amide bonds. The molecule has 1 heterocycles. The number of benzene rings is 1. The Bertz CT molecular complexity index is 619. The SMILES string of the molecule is COc1cc(CO)cc(Cl)c1OCc1cccnc1OC. The van der Waals surface area contributed by atoms with Gasteiger partial charge in [-0.1, -0.05) is 11.6 Å². The van der Waals surface area contributed by atoms with E-state index < -0.39 is 0 Å². The molecule has 0 bridgehead atoms. The van der Waals surface area contributed by atoms with Gasteiger partial charge in [0, 0.05) is 6.20 Å². The Kier molecular flexibility index (Phi) is 5.25. The zero-order chi connectivity index (χ0) is 15.2. The van der Waals surface area contributed by atoms with Gasteiger partial charge in [0.05, 0.1) is 31.4 Å². The fraction of sp³-hybridized carbons (Fsp3) is 0.267. The van der Waals surface area contributed by atoms with Gasteiger partial charge in [-0.3, -0.25) is 0 Å². The fourth-order valence-electron chi connectivity index (χ4n) is 1.87. The molecule has 1 N–H and O–H groups in total. The number of methoxy groups -OCH3 is 2. The predicted molar refractivity (Wildman–Crippen MR) is 79.0 cm³/mol. The van der Waals surface area contributed by atoms with Crippen LogP contribution in [0, 0.1) is 0 Å². The number of rotatable bonds is 6. The number of aromatic nitrogens is 1. The second kappa shape index (κ2) is 7.15. The van der Waals surface area contributed by atoms with Gasteiger partial charge in [0.1, 0.15) is 6.61 Å². The highest BCUT2D eigenvalue weighted by Crippen LogP contribution is 2.37. The van der Waals surface area contributed by atoms with Gasteiger partial charge in [-0.15, -0.1) is 0 Å². The molecule has 0 aliphatic rings. The average Bonchev–Trinajstić information content (AvgIpc) is 2.53. The normalized spacial score (nSPS) is 10.3. The molecule has 0 saturated carbocycles. The number of aliphatic hydroxyl groups excluding tert-OH is 1. The molecule has 112 valence electrons. The molecule has 0 aliphatic heterocycles. The highest BCUT2D eigenvalue weighted by atomic mass is 35.5. The van der Waals surface area contributed by atoms with Crippen molar-refractivity contribution in [3.8, 4) is 17.4 Å². The molecule has 5 nitrogen and oxygen atoms in total. The number of halogens is 1. The van der Waals surface area contributed by atoms with E-state index in [9.17, 15) is 0 Å². The van der Waals surface area contributed by atoms with Crippen molar-refractivity contribution in [1.29, 1.82) is 0 Å². The van der Waals surface area contributed by atoms with Crippen LogP contribution in [0.15, 0.2) is 30.5 Å². The monoisotopic (exact) mass is 309 g/mol. The lowest BCUT2D eigenvalue weighted by atomic mass is 10.2. The van der Waals surface area contributed by atoms with Gasteiger partial charge in [-0.25, -0.2) is 4.98 Å². The van der Waals surface area contributed by atoms with Crippen LogP contribution in [0.4, 0.5) is 0 Å². The maximum atomic E-state index is 9.17. The number of hydrogen-bond donors (Lipinski definition) is 1. The van der Waals surface area contributed by atoms with Gasteiger partial charge in [0.25, 0.3) is 0 Å². The smallest absolute Gasteiger partial charge is 0.219 e. The summed E-state index contributed by atoms with van der Waals surface area (Å²) in [6.07, 6.45) is 1.64. The molecule has 0 saturated heterocycles. The summed E-state index contributed by atoms with van der Waals surface area (Å²) in [6.45, 7) is 0.123. The van der Waals surface area contributed by atoms with E-state index in [0.29, 0.717) is 28.0 Å². The minimum absolute atomic E-state index is 0.118. The summed E-state index contributed by atoms with van der Waals surface area (Å²) in [4.78, 5) is 4.10. The summed E-state index contributed by atoms with van der Waals surface area (Å²) in [7, 11) is 3.07. The standard InChI is InChI=1S/C15H16ClNO4/c1-19-13-7-10(8-18)6-12(16)14(13)21-9-11-4-3-5-17-15(11)20-2/h3-7,18H,8-9H2,1-2H3. The molecule has 0 atom stereocenters. The van der Waals surface area contributed by atoms with Crippen molar-refractivity contribution in [3.05, 3.63) is 46.6 Å². The first-order valence-corrected chi connectivity index (χ1v) is 6.65. The molecular weight excluding hydrogens is 294 g/mol. The average molecular weight is 310 g/mol. The third-order valence-corrected chi connectivity index (χ3v) is 3.17. The molecule has 0 fully saturated rings. The van der Waals surface area contributed by atoms with Crippen molar-refractivity contribution < 1.29 is 19.3 Å². The van der Waals surface area contributed by atoms with E-state index in [1.807, 2.05) is 6.07 Å². The number of ether oxygens (including phenoxy) is 3. The van der Waals surface area contributed by atoms with E-state index in [4.69, 9.17) is 30.9 Å². The molecule has 0 spiro atoms. The quantitative estimate of drug-likeness (QED) is 0.889. The van der Waals surface area contributed by atoms with Crippen LogP contribution in [0.3, 0.4) is 0 Å². The van der Waals surface area contributed by atoms with Gasteiger partial charge >= 0.3 is 0 Å². The Labute approximate surface area is 128 Å². The molecule has 0 radical (unpaired) electrons. The summed E-state index contributed by atoms with van der Waals surface area (Å²) >= 11 is 6.17. The molecule has 0 aliphatic carbocycles. The summed E-state index contributed by atoms with van der Waals surface area (Å²) in [5.74, 6) is 1.39. The van der Waals surface area contributed by atoms with Crippen LogP contribution >= 0.6 is 11.6 Å². The first kappa shape index (κ1) is 15.4. The van der Waals surface area contributed by atoms with Gasteiger partial charge in [0.15, 0.2) is 11.5 Å². The van der Waals surface area contributed by atoms with Crippen LogP contribution in [0.25, 0.3) is 0 Å². The van der Waals surface area contributed by atoms with Crippen LogP contribution < -0.4 is 14.2 Å². The molecule has 1 aromatic carbocycles. The van der Waals surface area contributed by atoms with E-state index >= 15 is 0 Å². The van der Waals surface area contributed by atoms with Crippen LogP contribution in [-0.4, -0.2) is 24.3 Å². The molecular formula is C15H16ClNO4. The van der Waals surface area contributed by atoms with Crippen molar-refractivity contribution in [2.24, 2.45) is 0 Å². The molecule has 21 heavy (non-hydrogen) atoms. The van der Waals surface area contributed by atoms with Crippen LogP contribution in [0.2, 0.25) is 5.02 Å². The second-order valence-corrected chi connectivity index (χ2v) is 4.63. The molecule has 0 unspecified atom stereocenters. The molecule has 2 aromatic rings. The number of aliphatic hydroxyl groups is 1. The second-order valence-electron chi connectivity index (χ2n) is 4.23. The van der Waals surface area contributed by atoms with Crippen LogP contribution in [0.5, 0.6) is 17.4 Å². The number of nitrogens with zero attached hydrogens (tertiary/aromatic N) is 1. The zero-order valence-corrected chi connectivity index (χ0v) is 12.6. The van der Waals surface area contributed by atoms with E-state index in [2.05, 4.69) is 4.98 Å². The third-order valence-electron chi connectivity index (χ3n) is 2.89. The van der Waals surface area contributed by atoms with E-state index in [1.165, 1.54) is 7.11 Å². The van der Waals surface area contributed by atoms with Crippen molar-refractivity contribution in [3.63, 3.8) is 0 Å². The molecule has 2 rings (SSSR count). The highest BCUT2D eigenvalue weighted by Gasteiger charge is 2.13. The van der Waals surface area contributed by atoms with Crippen molar-refractivity contribution in [2.45, 2.75) is 13.2 Å². The first-order valence-electron chi connectivity index (χ1n) is 6.27. The lowest BCUT2D eigenvalue weighted by Crippen LogP contribution is -2.02. The molecule has 1 aromatic heterocycles. The van der Waals surface area contributed by atoms with Crippen LogP contribution in [-0.2, 0) is 13.2 Å². The van der Waals surface area contributed by atoms with Crippen LogP contribution in [0.1, 0.15) is 11.1 Å². The fourth-order valence-corrected chi connectivity index (χ4v) is 2.16. The first-order chi connectivity index (χ1) is 10.2. The Morgan fingerprint density at radius 3 is 2.71 bits per heavy atom. The van der Waals surface area contributed by atoms with Crippen molar-refractivity contribution in [1.82, 2.24) is 4.98 Å². The maximum absolute atomic E-state index is 9.17. The van der Waals surface area contributed by atoms with E-state index in [1.54, 1.807) is 31.5 Å². The van der Waals surface area contributed by atoms with Crippen molar-refractivity contribution in [2.75, 3.05) is 14.2 Å². The highest BCUT2D eigenvalue weighted by molar-refractivity contribution is 6.32. The third kappa shape index (κ3) is 3.56. The lowest BCUT2D eigenvalue weighted by molar-refractivity contribution is 0.270. The van der Waals surface area contributed by atoms with Gasteiger partial charge < -0.3 is 19.3 Å². The summed E-state index contributed by atoms with van der Waals surface area (Å²) in [5.41, 5.74) is 1.45. The molecule has 6 heteroatoms. The minimum atomic E-state index is -0.118. The summed E-state index contributed by atoms with van der Waals surface area (Å²) in [5, 5.41) is 9.55. The Morgan fingerprint density at radius 2 is 2.05 bits per heavy atom. The maximum Gasteiger partial charge on any atom is 0.219 e.